The van der Waals surface area contributed by atoms with E-state index >= 15 is 0 Å². The van der Waals surface area contributed by atoms with Crippen LogP contribution in [0.1, 0.15) is 51.2 Å². The average molecular weight is 518 g/mol. The first-order valence-electron chi connectivity index (χ1n) is 13.5. The number of carbonyl (C=O) groups is 2. The number of aromatic nitrogens is 3. The molecular weight excluding hydrogens is 478 g/mol. The van der Waals surface area contributed by atoms with Crippen molar-refractivity contribution >= 4 is 28.7 Å². The van der Waals surface area contributed by atoms with Crippen molar-refractivity contribution in [3.05, 3.63) is 54.0 Å². The summed E-state index contributed by atoms with van der Waals surface area (Å²) in [4.78, 5) is 44.0. The van der Waals surface area contributed by atoms with E-state index < -0.39 is 17.5 Å². The van der Waals surface area contributed by atoms with E-state index in [1.807, 2.05) is 31.7 Å². The summed E-state index contributed by atoms with van der Waals surface area (Å²) >= 11 is 0. The molecule has 5 atom stereocenters. The molecule has 2 amide bonds. The Labute approximate surface area is 224 Å². The first-order valence-corrected chi connectivity index (χ1v) is 13.5. The maximum atomic E-state index is 14.3. The van der Waals surface area contributed by atoms with Crippen molar-refractivity contribution < 1.29 is 9.59 Å². The number of benzene rings is 1. The zero-order valence-corrected chi connectivity index (χ0v) is 23.2. The molecule has 3 aromatic rings. The van der Waals surface area contributed by atoms with E-state index in [0.29, 0.717) is 19.0 Å². The highest BCUT2D eigenvalue weighted by Gasteiger charge is 2.53. The minimum Gasteiger partial charge on any atom is -0.361 e. The van der Waals surface area contributed by atoms with Crippen molar-refractivity contribution in [2.24, 2.45) is 5.41 Å². The number of rotatable bonds is 6. The molecule has 0 saturated carbocycles. The Balaban J connectivity index is 1.53. The fraction of sp³-hybridized carbons (Fsp3) is 0.517. The Morgan fingerprint density at radius 1 is 1.18 bits per heavy atom. The summed E-state index contributed by atoms with van der Waals surface area (Å²) in [6.45, 7) is 11.2. The van der Waals surface area contributed by atoms with Gasteiger partial charge in [0.25, 0.3) is 0 Å². The molecule has 38 heavy (non-hydrogen) atoms. The van der Waals surface area contributed by atoms with Gasteiger partial charge in [-0.1, -0.05) is 32.9 Å². The van der Waals surface area contributed by atoms with Gasteiger partial charge in [0.05, 0.1) is 18.1 Å². The molecule has 0 unspecified atom stereocenters. The fourth-order valence-corrected chi connectivity index (χ4v) is 6.07. The van der Waals surface area contributed by atoms with Gasteiger partial charge in [-0.3, -0.25) is 9.59 Å². The van der Waals surface area contributed by atoms with Crippen LogP contribution in [0.5, 0.6) is 0 Å². The van der Waals surface area contributed by atoms with Crippen molar-refractivity contribution in [1.29, 1.82) is 0 Å². The Morgan fingerprint density at radius 3 is 2.61 bits per heavy atom. The zero-order chi connectivity index (χ0) is 27.2. The number of fused-ring (bicyclic) bond motifs is 2. The Morgan fingerprint density at radius 2 is 1.92 bits per heavy atom. The maximum absolute atomic E-state index is 14.3. The van der Waals surface area contributed by atoms with Gasteiger partial charge in [0.15, 0.2) is 0 Å². The van der Waals surface area contributed by atoms with Gasteiger partial charge in [0.2, 0.25) is 17.8 Å². The molecule has 9 heteroatoms. The summed E-state index contributed by atoms with van der Waals surface area (Å²) in [5, 5.41) is 7.21. The van der Waals surface area contributed by atoms with Crippen LogP contribution in [0.3, 0.4) is 0 Å². The molecular formula is C29H39N7O2. The Bertz CT molecular complexity index is 1320. The van der Waals surface area contributed by atoms with Gasteiger partial charge in [-0.2, -0.15) is 0 Å². The van der Waals surface area contributed by atoms with Crippen LogP contribution in [-0.2, 0) is 9.59 Å². The standard InChI is InChI=1S/C29H39N7O2/c1-17-8-9-19-20(15-33-22(19)14-17)21-16-36(28-31-11-7-12-32-28)23-10-13-35(24(21)23)27(38)25(29(3,4)5)34-26(37)18(2)30-6/h7-9,11-12,14-15,18,21,23-25,30,33H,10,13,16H2,1-6H3,(H,34,37)/t18-,21+,23+,24+,25+/m0/s1. The van der Waals surface area contributed by atoms with Crippen LogP contribution < -0.4 is 15.5 Å². The molecule has 4 heterocycles. The number of likely N-dealkylation sites (N-methyl/N-ethyl adjacent to an activating group) is 1. The largest absolute Gasteiger partial charge is 0.361 e. The Kier molecular flexibility index (Phi) is 6.90. The number of anilines is 1. The quantitative estimate of drug-likeness (QED) is 0.464. The highest BCUT2D eigenvalue weighted by molar-refractivity contribution is 5.91. The van der Waals surface area contributed by atoms with Crippen molar-refractivity contribution in [1.82, 2.24) is 30.5 Å². The molecule has 2 aliphatic rings. The van der Waals surface area contributed by atoms with E-state index in [4.69, 9.17) is 0 Å². The second-order valence-electron chi connectivity index (χ2n) is 11.8. The van der Waals surface area contributed by atoms with E-state index in [1.165, 1.54) is 16.5 Å². The van der Waals surface area contributed by atoms with Gasteiger partial charge in [-0.05, 0) is 56.0 Å². The molecule has 5 rings (SSSR count). The number of likely N-dealkylation sites (tertiary alicyclic amines) is 1. The van der Waals surface area contributed by atoms with E-state index in [1.54, 1.807) is 26.4 Å². The lowest BCUT2D eigenvalue weighted by Gasteiger charge is -2.37. The predicted molar refractivity (Wildman–Crippen MR) is 149 cm³/mol. The molecule has 0 radical (unpaired) electrons. The van der Waals surface area contributed by atoms with Gasteiger partial charge < -0.3 is 25.4 Å². The molecule has 2 aromatic heterocycles. The minimum absolute atomic E-state index is 0.0295. The zero-order valence-electron chi connectivity index (χ0n) is 23.2. The van der Waals surface area contributed by atoms with Gasteiger partial charge in [0, 0.05) is 48.5 Å². The summed E-state index contributed by atoms with van der Waals surface area (Å²) in [7, 11) is 1.75. The van der Waals surface area contributed by atoms with E-state index in [9.17, 15) is 9.59 Å². The van der Waals surface area contributed by atoms with Gasteiger partial charge in [-0.25, -0.2) is 9.97 Å². The van der Waals surface area contributed by atoms with E-state index in [-0.39, 0.29) is 29.8 Å². The van der Waals surface area contributed by atoms with Crippen LogP contribution in [0.25, 0.3) is 10.9 Å². The van der Waals surface area contributed by atoms with Crippen LogP contribution >= 0.6 is 0 Å². The van der Waals surface area contributed by atoms with Crippen molar-refractivity contribution in [2.75, 3.05) is 25.0 Å². The third-order valence-corrected chi connectivity index (χ3v) is 8.21. The third-order valence-electron chi connectivity index (χ3n) is 8.21. The highest BCUT2D eigenvalue weighted by atomic mass is 16.2. The third kappa shape index (κ3) is 4.64. The number of aryl methyl sites for hydroxylation is 1. The monoisotopic (exact) mass is 517 g/mol. The fourth-order valence-electron chi connectivity index (χ4n) is 6.07. The second-order valence-corrected chi connectivity index (χ2v) is 11.8. The van der Waals surface area contributed by atoms with Gasteiger partial charge in [-0.15, -0.1) is 0 Å². The van der Waals surface area contributed by atoms with Crippen molar-refractivity contribution in [3.63, 3.8) is 0 Å². The normalized spacial score (nSPS) is 22.9. The summed E-state index contributed by atoms with van der Waals surface area (Å²) in [6, 6.07) is 7.29. The lowest BCUT2D eigenvalue weighted by atomic mass is 9.84. The number of carbonyl (C=O) groups excluding carboxylic acids is 2. The van der Waals surface area contributed by atoms with Gasteiger partial charge in [0.1, 0.15) is 6.04 Å². The number of hydrogen-bond acceptors (Lipinski definition) is 6. The van der Waals surface area contributed by atoms with Crippen molar-refractivity contribution in [3.8, 4) is 0 Å². The predicted octanol–water partition coefficient (Wildman–Crippen LogP) is 2.98. The van der Waals surface area contributed by atoms with Crippen LogP contribution in [0.15, 0.2) is 42.9 Å². The molecule has 202 valence electrons. The highest BCUT2D eigenvalue weighted by Crippen LogP contribution is 2.44. The Hall–Kier alpha value is -3.46. The SMILES string of the molecule is CN[C@@H](C)C(=O)N[C@H](C(=O)N1CC[C@@H]2[C@H]1[C@@H](c1c[nH]c3cc(C)ccc13)CN2c1ncccn1)C(C)(C)C. The average Bonchev–Trinajstić information content (AvgIpc) is 3.60. The molecule has 0 aliphatic carbocycles. The lowest BCUT2D eigenvalue weighted by Crippen LogP contribution is -2.59. The summed E-state index contributed by atoms with van der Waals surface area (Å²) in [5.74, 6) is 0.557. The molecule has 9 nitrogen and oxygen atoms in total. The summed E-state index contributed by atoms with van der Waals surface area (Å²) < 4.78 is 0. The lowest BCUT2D eigenvalue weighted by molar-refractivity contribution is -0.140. The second kappa shape index (κ2) is 10.0. The van der Waals surface area contributed by atoms with Crippen LogP contribution in [0.2, 0.25) is 0 Å². The number of nitrogens with one attached hydrogen (secondary N) is 3. The smallest absolute Gasteiger partial charge is 0.246 e. The molecule has 2 fully saturated rings. The first kappa shape index (κ1) is 26.2. The van der Waals surface area contributed by atoms with Crippen LogP contribution in [0, 0.1) is 12.3 Å². The van der Waals surface area contributed by atoms with Crippen LogP contribution in [0.4, 0.5) is 5.95 Å². The maximum Gasteiger partial charge on any atom is 0.246 e. The van der Waals surface area contributed by atoms with Crippen molar-refractivity contribution in [2.45, 2.75) is 71.1 Å². The van der Waals surface area contributed by atoms with E-state index in [2.05, 4.69) is 61.8 Å². The molecule has 2 saturated heterocycles. The number of aromatic amines is 1. The molecule has 0 spiro atoms. The number of H-pyrrole nitrogens is 1. The number of hydrogen-bond donors (Lipinski definition) is 3. The number of nitrogens with zero attached hydrogens (tertiary/aromatic N) is 4. The topological polar surface area (TPSA) is 106 Å². The van der Waals surface area contributed by atoms with Gasteiger partial charge >= 0.3 is 0 Å². The molecule has 2 aliphatic heterocycles. The van der Waals surface area contributed by atoms with Crippen LogP contribution in [-0.4, -0.2) is 76.0 Å². The summed E-state index contributed by atoms with van der Waals surface area (Å²) in [6.07, 6.45) is 6.46. The molecule has 1 aromatic carbocycles. The number of amides is 2. The molecule has 0 bridgehead atoms. The molecule has 3 N–H and O–H groups in total. The van der Waals surface area contributed by atoms with E-state index in [0.717, 1.165) is 11.9 Å². The first-order chi connectivity index (χ1) is 18.1. The minimum atomic E-state index is -0.641. The summed E-state index contributed by atoms with van der Waals surface area (Å²) in [5.41, 5.74) is 3.05.